The van der Waals surface area contributed by atoms with E-state index in [2.05, 4.69) is 10.5 Å². The van der Waals surface area contributed by atoms with Gasteiger partial charge in [0.25, 0.3) is 0 Å². The van der Waals surface area contributed by atoms with E-state index in [0.29, 0.717) is 5.75 Å². The van der Waals surface area contributed by atoms with Crippen LogP contribution < -0.4 is 14.9 Å². The van der Waals surface area contributed by atoms with Crippen LogP contribution in [0.15, 0.2) is 47.6 Å². The number of carboxylic acids is 1. The summed E-state index contributed by atoms with van der Waals surface area (Å²) >= 11 is 0. The third-order valence-corrected chi connectivity index (χ3v) is 3.39. The third-order valence-electron chi connectivity index (χ3n) is 3.39. The van der Waals surface area contributed by atoms with Crippen molar-refractivity contribution in [3.8, 4) is 11.5 Å². The highest BCUT2D eigenvalue weighted by Gasteiger charge is 2.20. The molecule has 0 aliphatic heterocycles. The first-order valence-electron chi connectivity index (χ1n) is 7.41. The first-order valence-corrected chi connectivity index (χ1v) is 7.41. The second-order valence-electron chi connectivity index (χ2n) is 5.03. The summed E-state index contributed by atoms with van der Waals surface area (Å²) in [5, 5.41) is 13.2. The van der Waals surface area contributed by atoms with E-state index < -0.39 is 5.97 Å². The number of amides is 1. The molecule has 0 aliphatic rings. The molecule has 0 aromatic heterocycles. The zero-order chi connectivity index (χ0) is 18.2. The van der Waals surface area contributed by atoms with Gasteiger partial charge in [-0.05, 0) is 17.7 Å². The molecule has 130 valence electrons. The van der Waals surface area contributed by atoms with Crippen LogP contribution in [0.25, 0.3) is 0 Å². The van der Waals surface area contributed by atoms with Gasteiger partial charge in [-0.2, -0.15) is 5.10 Å². The molecule has 2 rings (SSSR count). The lowest BCUT2D eigenvalue weighted by molar-refractivity contribution is -0.120. The minimum absolute atomic E-state index is 0.0922. The molecule has 2 aromatic rings. The molecule has 7 nitrogen and oxygen atoms in total. The molecule has 0 bridgehead atoms. The highest BCUT2D eigenvalue weighted by Crippen LogP contribution is 2.32. The van der Waals surface area contributed by atoms with E-state index in [1.165, 1.54) is 26.5 Å². The monoisotopic (exact) mass is 342 g/mol. The van der Waals surface area contributed by atoms with Crippen molar-refractivity contribution in [1.82, 2.24) is 5.43 Å². The van der Waals surface area contributed by atoms with Gasteiger partial charge in [-0.1, -0.05) is 30.3 Å². The van der Waals surface area contributed by atoms with Crippen LogP contribution in [0, 0.1) is 0 Å². The van der Waals surface area contributed by atoms with Gasteiger partial charge < -0.3 is 14.6 Å². The number of carbonyl (C=O) groups excluding carboxylic acids is 1. The topological polar surface area (TPSA) is 97.2 Å². The van der Waals surface area contributed by atoms with Crippen LogP contribution in [0.4, 0.5) is 0 Å². The molecule has 0 spiro atoms. The summed E-state index contributed by atoms with van der Waals surface area (Å²) in [6.45, 7) is 0. The first kappa shape index (κ1) is 18.0. The Labute approximate surface area is 144 Å². The van der Waals surface area contributed by atoms with Crippen molar-refractivity contribution < 1.29 is 24.2 Å². The summed E-state index contributed by atoms with van der Waals surface area (Å²) in [6, 6.07) is 12.3. The van der Waals surface area contributed by atoms with Crippen LogP contribution in [0.3, 0.4) is 0 Å². The minimum atomic E-state index is -1.19. The van der Waals surface area contributed by atoms with Gasteiger partial charge >= 0.3 is 5.97 Å². The molecular weight excluding hydrogens is 324 g/mol. The maximum Gasteiger partial charge on any atom is 0.340 e. The Bertz CT molecular complexity index is 788. The molecule has 2 N–H and O–H groups in total. The molecular formula is C18H18N2O5. The van der Waals surface area contributed by atoms with Crippen molar-refractivity contribution >= 4 is 18.1 Å². The van der Waals surface area contributed by atoms with Gasteiger partial charge in [0.1, 0.15) is 5.56 Å². The SMILES string of the molecule is COc1ccc(/C=N/NC(=O)Cc2ccccc2)c(C(=O)O)c1OC. The van der Waals surface area contributed by atoms with Crippen molar-refractivity contribution in [2.75, 3.05) is 14.2 Å². The lowest BCUT2D eigenvalue weighted by Gasteiger charge is -2.12. The van der Waals surface area contributed by atoms with E-state index in [-0.39, 0.29) is 29.2 Å². The number of nitrogens with zero attached hydrogens (tertiary/aromatic N) is 1. The zero-order valence-electron chi connectivity index (χ0n) is 13.9. The van der Waals surface area contributed by atoms with Crippen molar-refractivity contribution in [2.45, 2.75) is 6.42 Å². The number of ether oxygens (including phenoxy) is 2. The van der Waals surface area contributed by atoms with E-state index in [0.717, 1.165) is 5.56 Å². The van der Waals surface area contributed by atoms with Gasteiger partial charge in [-0.15, -0.1) is 0 Å². The molecule has 0 radical (unpaired) electrons. The summed E-state index contributed by atoms with van der Waals surface area (Å²) < 4.78 is 10.2. The van der Waals surface area contributed by atoms with Crippen LogP contribution in [0.5, 0.6) is 11.5 Å². The number of hydrazone groups is 1. The predicted octanol–water partition coefficient (Wildman–Crippen LogP) is 2.09. The third kappa shape index (κ3) is 4.57. The van der Waals surface area contributed by atoms with Crippen molar-refractivity contribution in [1.29, 1.82) is 0 Å². The smallest absolute Gasteiger partial charge is 0.340 e. The van der Waals surface area contributed by atoms with Gasteiger partial charge in [-0.25, -0.2) is 10.2 Å². The van der Waals surface area contributed by atoms with Gasteiger partial charge in [0.2, 0.25) is 5.91 Å². The van der Waals surface area contributed by atoms with Crippen LogP contribution in [0.1, 0.15) is 21.5 Å². The molecule has 0 fully saturated rings. The first-order chi connectivity index (χ1) is 12.1. The van der Waals surface area contributed by atoms with E-state index >= 15 is 0 Å². The summed E-state index contributed by atoms with van der Waals surface area (Å²) in [7, 11) is 2.77. The maximum absolute atomic E-state index is 11.9. The zero-order valence-corrected chi connectivity index (χ0v) is 13.9. The fourth-order valence-corrected chi connectivity index (χ4v) is 2.26. The summed E-state index contributed by atoms with van der Waals surface area (Å²) in [6.07, 6.45) is 1.43. The largest absolute Gasteiger partial charge is 0.493 e. The van der Waals surface area contributed by atoms with Gasteiger partial charge in [-0.3, -0.25) is 4.79 Å². The van der Waals surface area contributed by atoms with E-state index in [4.69, 9.17) is 9.47 Å². The number of aromatic carboxylic acids is 1. The van der Waals surface area contributed by atoms with Crippen LogP contribution in [0.2, 0.25) is 0 Å². The molecule has 0 saturated carbocycles. The predicted molar refractivity (Wildman–Crippen MR) is 92.4 cm³/mol. The number of methoxy groups -OCH3 is 2. The van der Waals surface area contributed by atoms with E-state index in [9.17, 15) is 14.7 Å². The molecule has 0 saturated heterocycles. The highest BCUT2D eigenvalue weighted by molar-refractivity contribution is 6.02. The number of carboxylic acid groups (broad SMARTS) is 1. The molecule has 7 heteroatoms. The number of carbonyl (C=O) groups is 2. The molecule has 2 aromatic carbocycles. The van der Waals surface area contributed by atoms with Gasteiger partial charge in [0.15, 0.2) is 11.5 Å². The van der Waals surface area contributed by atoms with Crippen LogP contribution >= 0.6 is 0 Å². The Kier molecular flexibility index (Phi) is 6.11. The van der Waals surface area contributed by atoms with E-state index in [1.54, 1.807) is 6.07 Å². The van der Waals surface area contributed by atoms with Gasteiger partial charge in [0, 0.05) is 5.56 Å². The summed E-state index contributed by atoms with van der Waals surface area (Å²) in [5.74, 6) is -1.10. The Hall–Kier alpha value is -3.35. The fraction of sp³-hybridized carbons (Fsp3) is 0.167. The molecule has 0 atom stereocenters. The summed E-state index contributed by atoms with van der Waals surface area (Å²) in [4.78, 5) is 23.4. The summed E-state index contributed by atoms with van der Waals surface area (Å²) in [5.41, 5.74) is 3.42. The van der Waals surface area contributed by atoms with Crippen LogP contribution in [-0.4, -0.2) is 37.4 Å². The quantitative estimate of drug-likeness (QED) is 0.593. The Morgan fingerprint density at radius 3 is 2.44 bits per heavy atom. The molecule has 0 unspecified atom stereocenters. The van der Waals surface area contributed by atoms with Crippen LogP contribution in [-0.2, 0) is 11.2 Å². The Balaban J connectivity index is 2.15. The second-order valence-corrected chi connectivity index (χ2v) is 5.03. The van der Waals surface area contributed by atoms with Crippen molar-refractivity contribution in [3.63, 3.8) is 0 Å². The number of hydrogen-bond donors (Lipinski definition) is 2. The number of benzene rings is 2. The fourth-order valence-electron chi connectivity index (χ4n) is 2.26. The maximum atomic E-state index is 11.9. The molecule has 25 heavy (non-hydrogen) atoms. The van der Waals surface area contributed by atoms with Crippen molar-refractivity contribution in [2.24, 2.45) is 5.10 Å². The minimum Gasteiger partial charge on any atom is -0.493 e. The standard InChI is InChI=1S/C18H18N2O5/c1-24-14-9-8-13(16(18(22)23)17(14)25-2)11-19-20-15(21)10-12-6-4-3-5-7-12/h3-9,11H,10H2,1-2H3,(H,20,21)(H,22,23)/b19-11+. The second kappa shape index (κ2) is 8.49. The molecule has 0 aliphatic carbocycles. The molecule has 0 heterocycles. The van der Waals surface area contributed by atoms with Gasteiger partial charge in [0.05, 0.1) is 26.9 Å². The number of nitrogens with one attached hydrogen (secondary N) is 1. The lowest BCUT2D eigenvalue weighted by atomic mass is 10.1. The number of hydrogen-bond acceptors (Lipinski definition) is 5. The Morgan fingerprint density at radius 1 is 1.12 bits per heavy atom. The van der Waals surface area contributed by atoms with Crippen molar-refractivity contribution in [3.05, 3.63) is 59.2 Å². The Morgan fingerprint density at radius 2 is 1.84 bits per heavy atom. The average molecular weight is 342 g/mol. The lowest BCUT2D eigenvalue weighted by Crippen LogP contribution is -2.20. The average Bonchev–Trinajstić information content (AvgIpc) is 2.61. The normalized spacial score (nSPS) is 10.5. The van der Waals surface area contributed by atoms with E-state index in [1.807, 2.05) is 30.3 Å². The number of rotatable bonds is 7. The highest BCUT2D eigenvalue weighted by atomic mass is 16.5. The molecule has 1 amide bonds.